The van der Waals surface area contributed by atoms with E-state index in [1.807, 2.05) is 19.1 Å². The standard InChI is InChI=1S/C14H14Br2N4O2/c1-2-9(8-3-5-17-6-4-8)18-11(21)7-10-12(15)13(16)14(22)20-19-10/h3-6,9H,2,7H2,1H3,(H,18,21)(H,20,22). The topological polar surface area (TPSA) is 87.7 Å². The van der Waals surface area contributed by atoms with E-state index in [1.165, 1.54) is 0 Å². The quantitative estimate of drug-likeness (QED) is 0.764. The second-order valence-corrected chi connectivity index (χ2v) is 6.20. The summed E-state index contributed by atoms with van der Waals surface area (Å²) < 4.78 is 0.815. The number of amides is 1. The van der Waals surface area contributed by atoms with Gasteiger partial charge in [-0.2, -0.15) is 5.10 Å². The summed E-state index contributed by atoms with van der Waals surface area (Å²) >= 11 is 6.42. The molecule has 0 saturated heterocycles. The molecule has 2 aromatic heterocycles. The lowest BCUT2D eigenvalue weighted by Crippen LogP contribution is -2.30. The fourth-order valence-electron chi connectivity index (χ4n) is 1.97. The van der Waals surface area contributed by atoms with Crippen LogP contribution in [0.3, 0.4) is 0 Å². The van der Waals surface area contributed by atoms with Crippen LogP contribution in [0.1, 0.15) is 30.6 Å². The Morgan fingerprint density at radius 3 is 2.64 bits per heavy atom. The minimum Gasteiger partial charge on any atom is -0.349 e. The zero-order chi connectivity index (χ0) is 16.1. The zero-order valence-electron chi connectivity index (χ0n) is 11.8. The number of carbonyl (C=O) groups excluding carboxylic acids is 1. The minimum atomic E-state index is -0.348. The average Bonchev–Trinajstić information content (AvgIpc) is 2.54. The number of hydrogen-bond donors (Lipinski definition) is 2. The highest BCUT2D eigenvalue weighted by Gasteiger charge is 2.16. The van der Waals surface area contributed by atoms with Crippen LogP contribution in [0.5, 0.6) is 0 Å². The molecule has 0 aliphatic heterocycles. The van der Waals surface area contributed by atoms with Crippen LogP contribution < -0.4 is 10.9 Å². The Morgan fingerprint density at radius 2 is 2.00 bits per heavy atom. The van der Waals surface area contributed by atoms with Crippen LogP contribution in [0.15, 0.2) is 38.3 Å². The van der Waals surface area contributed by atoms with Gasteiger partial charge >= 0.3 is 0 Å². The lowest BCUT2D eigenvalue weighted by Gasteiger charge is -2.17. The van der Waals surface area contributed by atoms with Crippen molar-refractivity contribution in [2.24, 2.45) is 0 Å². The van der Waals surface area contributed by atoms with Gasteiger partial charge in [0, 0.05) is 12.4 Å². The highest BCUT2D eigenvalue weighted by molar-refractivity contribution is 9.13. The number of rotatable bonds is 5. The first-order valence-corrected chi connectivity index (χ1v) is 8.23. The first kappa shape index (κ1) is 16.8. The fraction of sp³-hybridized carbons (Fsp3) is 0.286. The molecule has 1 unspecified atom stereocenters. The molecule has 0 bridgehead atoms. The highest BCUT2D eigenvalue weighted by Crippen LogP contribution is 2.22. The minimum absolute atomic E-state index is 0.0670. The molecule has 0 saturated carbocycles. The second-order valence-electron chi connectivity index (χ2n) is 4.61. The molecule has 0 aliphatic rings. The van der Waals surface area contributed by atoms with Crippen molar-refractivity contribution in [1.82, 2.24) is 20.5 Å². The smallest absolute Gasteiger partial charge is 0.279 e. The first-order valence-electron chi connectivity index (χ1n) is 6.64. The first-order chi connectivity index (χ1) is 10.5. The molecule has 22 heavy (non-hydrogen) atoms. The van der Waals surface area contributed by atoms with Crippen molar-refractivity contribution in [1.29, 1.82) is 0 Å². The number of aromatic nitrogens is 3. The predicted molar refractivity (Wildman–Crippen MR) is 89.4 cm³/mol. The molecule has 0 aliphatic carbocycles. The second kappa shape index (κ2) is 7.64. The summed E-state index contributed by atoms with van der Waals surface area (Å²) in [6, 6.07) is 3.67. The van der Waals surface area contributed by atoms with Gasteiger partial charge in [0.15, 0.2) is 0 Å². The Kier molecular flexibility index (Phi) is 5.84. The van der Waals surface area contributed by atoms with Crippen LogP contribution in [0, 0.1) is 0 Å². The fourth-order valence-corrected chi connectivity index (χ4v) is 2.70. The summed E-state index contributed by atoms with van der Waals surface area (Å²) in [6.45, 7) is 2.00. The average molecular weight is 430 g/mol. The third-order valence-electron chi connectivity index (χ3n) is 3.12. The van der Waals surface area contributed by atoms with E-state index in [-0.39, 0.29) is 23.9 Å². The summed E-state index contributed by atoms with van der Waals surface area (Å²) in [5.74, 6) is -0.171. The van der Waals surface area contributed by atoms with Crippen molar-refractivity contribution in [3.63, 3.8) is 0 Å². The summed E-state index contributed by atoms with van der Waals surface area (Å²) in [6.07, 6.45) is 4.22. The summed E-state index contributed by atoms with van der Waals surface area (Å²) in [7, 11) is 0. The molecule has 0 aromatic carbocycles. The van der Waals surface area contributed by atoms with Gasteiger partial charge in [0.1, 0.15) is 4.47 Å². The summed E-state index contributed by atoms with van der Waals surface area (Å²) in [5, 5.41) is 9.20. The molecule has 6 nitrogen and oxygen atoms in total. The number of nitrogens with one attached hydrogen (secondary N) is 2. The Bertz CT molecular complexity index is 719. The molecule has 0 spiro atoms. The molecule has 0 fully saturated rings. The normalized spacial score (nSPS) is 12.0. The molecule has 0 radical (unpaired) electrons. The Morgan fingerprint density at radius 1 is 1.32 bits per heavy atom. The summed E-state index contributed by atoms with van der Waals surface area (Å²) in [4.78, 5) is 27.6. The molecule has 2 aromatic rings. The van der Waals surface area contributed by atoms with Gasteiger partial charge in [-0.25, -0.2) is 5.10 Å². The zero-order valence-corrected chi connectivity index (χ0v) is 14.9. The van der Waals surface area contributed by atoms with Crippen molar-refractivity contribution >= 4 is 37.8 Å². The largest absolute Gasteiger partial charge is 0.349 e. The van der Waals surface area contributed by atoms with E-state index in [4.69, 9.17) is 0 Å². The maximum absolute atomic E-state index is 12.2. The Labute approximate surface area is 144 Å². The van der Waals surface area contributed by atoms with E-state index >= 15 is 0 Å². The third-order valence-corrected chi connectivity index (χ3v) is 5.26. The van der Waals surface area contributed by atoms with Crippen LogP contribution in [-0.4, -0.2) is 21.1 Å². The molecule has 116 valence electrons. The van der Waals surface area contributed by atoms with E-state index in [1.54, 1.807) is 12.4 Å². The number of nitrogens with zero attached hydrogens (tertiary/aromatic N) is 2. The third kappa shape index (κ3) is 4.01. The number of aromatic amines is 1. The van der Waals surface area contributed by atoms with Gasteiger partial charge in [0.2, 0.25) is 5.91 Å². The van der Waals surface area contributed by atoms with Gasteiger partial charge in [0.05, 0.1) is 22.6 Å². The van der Waals surface area contributed by atoms with Crippen LogP contribution >= 0.6 is 31.9 Å². The monoisotopic (exact) mass is 428 g/mol. The number of H-pyrrole nitrogens is 1. The molecule has 1 amide bonds. The molecule has 8 heteroatoms. The van der Waals surface area contributed by atoms with Crippen LogP contribution in [0.2, 0.25) is 0 Å². The van der Waals surface area contributed by atoms with Gasteiger partial charge in [-0.1, -0.05) is 6.92 Å². The van der Waals surface area contributed by atoms with Crippen molar-refractivity contribution in [3.8, 4) is 0 Å². The van der Waals surface area contributed by atoms with Crippen molar-refractivity contribution in [2.75, 3.05) is 0 Å². The van der Waals surface area contributed by atoms with Gasteiger partial charge < -0.3 is 5.32 Å². The SMILES string of the molecule is CCC(NC(=O)Cc1n[nH]c(=O)c(Br)c1Br)c1ccncc1. The van der Waals surface area contributed by atoms with Crippen molar-refractivity contribution < 1.29 is 4.79 Å². The Hall–Kier alpha value is -1.54. The molecular weight excluding hydrogens is 416 g/mol. The Balaban J connectivity index is 2.10. The van der Waals surface area contributed by atoms with Crippen LogP contribution in [0.4, 0.5) is 0 Å². The summed E-state index contributed by atoms with van der Waals surface area (Å²) in [5.41, 5.74) is 1.12. The lowest BCUT2D eigenvalue weighted by atomic mass is 10.1. The van der Waals surface area contributed by atoms with Crippen LogP contribution in [-0.2, 0) is 11.2 Å². The maximum atomic E-state index is 12.2. The number of carbonyl (C=O) groups is 1. The van der Waals surface area contributed by atoms with E-state index < -0.39 is 0 Å². The predicted octanol–water partition coefficient (Wildman–Crippen LogP) is 2.50. The van der Waals surface area contributed by atoms with Gasteiger partial charge in [-0.3, -0.25) is 14.6 Å². The number of halogens is 2. The maximum Gasteiger partial charge on any atom is 0.279 e. The molecule has 2 heterocycles. The molecule has 2 rings (SSSR count). The number of pyridine rings is 1. The van der Waals surface area contributed by atoms with E-state index in [0.29, 0.717) is 14.6 Å². The van der Waals surface area contributed by atoms with Crippen molar-refractivity contribution in [2.45, 2.75) is 25.8 Å². The van der Waals surface area contributed by atoms with Gasteiger partial charge in [0.25, 0.3) is 5.56 Å². The highest BCUT2D eigenvalue weighted by atomic mass is 79.9. The molecule has 2 N–H and O–H groups in total. The van der Waals surface area contributed by atoms with E-state index in [2.05, 4.69) is 52.4 Å². The molecular formula is C14H14Br2N4O2. The van der Waals surface area contributed by atoms with Crippen molar-refractivity contribution in [3.05, 3.63) is 55.1 Å². The lowest BCUT2D eigenvalue weighted by molar-refractivity contribution is -0.121. The molecule has 1 atom stereocenters. The number of hydrogen-bond acceptors (Lipinski definition) is 4. The van der Waals surface area contributed by atoms with Crippen LogP contribution in [0.25, 0.3) is 0 Å². The van der Waals surface area contributed by atoms with Gasteiger partial charge in [-0.05, 0) is 56.0 Å². The van der Waals surface area contributed by atoms with E-state index in [9.17, 15) is 9.59 Å². The van der Waals surface area contributed by atoms with E-state index in [0.717, 1.165) is 12.0 Å². The van der Waals surface area contributed by atoms with Gasteiger partial charge in [-0.15, -0.1) is 0 Å².